The molecule has 2 aromatic carbocycles. The number of nitrogen functional groups attached to an aromatic ring is 1. The first-order valence-electron chi connectivity index (χ1n) is 10.6. The van der Waals surface area contributed by atoms with Crippen molar-refractivity contribution < 1.29 is 36.7 Å². The van der Waals surface area contributed by atoms with Crippen LogP contribution >= 0.6 is 7.82 Å². The average Bonchev–Trinajstić information content (AvgIpc) is 3.28. The van der Waals surface area contributed by atoms with Crippen molar-refractivity contribution in [2.45, 2.75) is 26.0 Å². The van der Waals surface area contributed by atoms with Crippen LogP contribution in [0.15, 0.2) is 71.4 Å². The Labute approximate surface area is 199 Å². The molecule has 1 atom stereocenters. The lowest BCUT2D eigenvalue weighted by molar-refractivity contribution is -0.712. The molecule has 0 saturated heterocycles. The number of anilines is 1. The van der Waals surface area contributed by atoms with Crippen LogP contribution in [0.3, 0.4) is 0 Å². The van der Waals surface area contributed by atoms with Crippen LogP contribution in [0.5, 0.6) is 0 Å². The van der Waals surface area contributed by atoms with Gasteiger partial charge in [-0.15, -0.1) is 0 Å². The maximum absolute atomic E-state index is 13.8. The van der Waals surface area contributed by atoms with E-state index in [1.165, 1.54) is 16.8 Å². The van der Waals surface area contributed by atoms with E-state index >= 15 is 0 Å². The lowest BCUT2D eigenvalue weighted by Crippen LogP contribution is -2.38. The fourth-order valence-electron chi connectivity index (χ4n) is 3.60. The van der Waals surface area contributed by atoms with E-state index in [2.05, 4.69) is 9.68 Å². The minimum Gasteiger partial charge on any atom is -0.756 e. The van der Waals surface area contributed by atoms with Crippen molar-refractivity contribution >= 4 is 13.6 Å². The Balaban J connectivity index is 1.40. The second kappa shape index (κ2) is 10.5. The molecule has 4 aromatic rings. The summed E-state index contributed by atoms with van der Waals surface area (Å²) in [5.74, 6) is -1.09. The quantitative estimate of drug-likeness (QED) is 0.266. The van der Waals surface area contributed by atoms with Gasteiger partial charge in [0.25, 0.3) is 13.6 Å². The Hall–Kier alpha value is -3.43. The predicted molar refractivity (Wildman–Crippen MR) is 120 cm³/mol. The summed E-state index contributed by atoms with van der Waals surface area (Å²) in [5.41, 5.74) is 9.53. The van der Waals surface area contributed by atoms with Crippen molar-refractivity contribution in [3.05, 3.63) is 101 Å². The number of pyridine rings is 1. The summed E-state index contributed by atoms with van der Waals surface area (Å²) in [6, 6.07) is 16.9. The molecule has 3 N–H and O–H groups in total. The van der Waals surface area contributed by atoms with E-state index in [4.69, 9.17) is 15.2 Å². The molecule has 0 spiro atoms. The number of aromatic nitrogens is 2. The van der Waals surface area contributed by atoms with Crippen molar-refractivity contribution in [3.8, 4) is 11.3 Å². The minimum absolute atomic E-state index is 0.169. The summed E-state index contributed by atoms with van der Waals surface area (Å²) in [6.07, 6.45) is 2.95. The molecule has 0 aliphatic rings. The Bertz CT molecular complexity index is 1370. The molecule has 2 heterocycles. The number of benzene rings is 2. The van der Waals surface area contributed by atoms with Gasteiger partial charge in [-0.25, -0.2) is 13.3 Å². The molecule has 35 heavy (non-hydrogen) atoms. The van der Waals surface area contributed by atoms with Crippen LogP contribution in [0, 0.1) is 11.6 Å². The number of aryl methyl sites for hydroxylation is 2. The highest BCUT2D eigenvalue weighted by molar-refractivity contribution is 7.44. The molecular weight excluding hydrogens is 479 g/mol. The van der Waals surface area contributed by atoms with Gasteiger partial charge < -0.3 is 14.3 Å². The van der Waals surface area contributed by atoms with Crippen LogP contribution in [0.4, 0.5) is 14.6 Å². The van der Waals surface area contributed by atoms with E-state index in [-0.39, 0.29) is 5.82 Å². The van der Waals surface area contributed by atoms with Crippen molar-refractivity contribution in [2.24, 2.45) is 0 Å². The molecule has 11 heteroatoms. The van der Waals surface area contributed by atoms with Gasteiger partial charge in [-0.3, -0.25) is 14.8 Å². The van der Waals surface area contributed by atoms with Gasteiger partial charge in [0.05, 0.1) is 11.9 Å². The molecule has 8 nitrogen and oxygen atoms in total. The minimum atomic E-state index is -4.90. The molecule has 2 aromatic heterocycles. The monoisotopic (exact) mass is 501 g/mol. The van der Waals surface area contributed by atoms with Crippen LogP contribution < -0.4 is 15.2 Å². The Morgan fingerprint density at radius 2 is 1.83 bits per heavy atom. The van der Waals surface area contributed by atoms with Crippen molar-refractivity contribution in [1.82, 2.24) is 5.16 Å². The molecule has 0 aliphatic carbocycles. The normalized spacial score (nSPS) is 13.0. The van der Waals surface area contributed by atoms with Gasteiger partial charge >= 0.3 is 0 Å². The summed E-state index contributed by atoms with van der Waals surface area (Å²) in [5, 5.41) is 4.08. The van der Waals surface area contributed by atoms with Gasteiger partial charge in [0.15, 0.2) is 24.1 Å². The Morgan fingerprint density at radius 1 is 1.09 bits per heavy atom. The number of phosphoric ester groups is 1. The van der Waals surface area contributed by atoms with Crippen molar-refractivity contribution in [3.63, 3.8) is 0 Å². The summed E-state index contributed by atoms with van der Waals surface area (Å²) in [6.45, 7) is -0.490. The lowest BCUT2D eigenvalue weighted by atomic mass is 10.0. The second-order valence-corrected chi connectivity index (χ2v) is 9.09. The second-order valence-electron chi connectivity index (χ2n) is 7.89. The topological polar surface area (TPSA) is 126 Å². The largest absolute Gasteiger partial charge is 0.756 e. The smallest absolute Gasteiger partial charge is 0.285 e. The molecular formula is C24H22F2N3O5P. The summed E-state index contributed by atoms with van der Waals surface area (Å²) >= 11 is 0. The highest BCUT2D eigenvalue weighted by atomic mass is 31.2. The van der Waals surface area contributed by atoms with Gasteiger partial charge in [0, 0.05) is 12.5 Å². The fourth-order valence-corrected chi connectivity index (χ4v) is 3.87. The summed E-state index contributed by atoms with van der Waals surface area (Å²) < 4.78 is 49.1. The average molecular weight is 501 g/mol. The zero-order valence-corrected chi connectivity index (χ0v) is 19.3. The third kappa shape index (κ3) is 6.37. The van der Waals surface area contributed by atoms with E-state index in [1.807, 2.05) is 24.3 Å². The van der Waals surface area contributed by atoms with Gasteiger partial charge in [-0.05, 0) is 47.7 Å². The Kier molecular flexibility index (Phi) is 7.37. The van der Waals surface area contributed by atoms with Crippen LogP contribution in [-0.2, 0) is 35.1 Å². The van der Waals surface area contributed by atoms with E-state index in [0.29, 0.717) is 41.8 Å². The molecule has 0 saturated carbocycles. The highest BCUT2D eigenvalue weighted by Gasteiger charge is 2.18. The number of hydrogen-bond donors (Lipinski definition) is 2. The van der Waals surface area contributed by atoms with Gasteiger partial charge in [-0.2, -0.15) is 0 Å². The molecule has 0 aliphatic heterocycles. The van der Waals surface area contributed by atoms with Crippen LogP contribution in [0.25, 0.3) is 11.3 Å². The number of nitrogens with zero attached hydrogens (tertiary/aromatic N) is 2. The van der Waals surface area contributed by atoms with E-state index in [0.717, 1.165) is 17.2 Å². The number of halogens is 2. The first kappa shape index (κ1) is 24.7. The third-order valence-electron chi connectivity index (χ3n) is 5.42. The number of rotatable bonds is 9. The predicted octanol–water partition coefficient (Wildman–Crippen LogP) is 3.30. The maximum Gasteiger partial charge on any atom is 0.285 e. The van der Waals surface area contributed by atoms with E-state index < -0.39 is 26.2 Å². The molecule has 4 rings (SSSR count). The van der Waals surface area contributed by atoms with Crippen LogP contribution in [-0.4, -0.2) is 10.1 Å². The number of nitrogens with two attached hydrogens (primary N) is 1. The molecule has 1 unspecified atom stereocenters. The zero-order chi connectivity index (χ0) is 25.0. The SMILES string of the molecule is Nc1c(-c2cc(Cc3ccc(CCc4cccc(F)c4F)cc3)no2)ccc[n+]1COP(=O)([O-])O. The lowest BCUT2D eigenvalue weighted by Gasteiger charge is -2.14. The molecule has 0 fully saturated rings. The molecule has 0 bridgehead atoms. The highest BCUT2D eigenvalue weighted by Crippen LogP contribution is 2.30. The number of phosphoric acid groups is 1. The third-order valence-corrected chi connectivity index (χ3v) is 5.86. The standard InChI is InChI=1S/C24H22F2N3O5P/c25-21-5-1-3-18(23(21)26)11-10-16-6-8-17(9-7-16)13-19-14-22(34-28-19)20-4-2-12-29(24(20)27)15-33-35(30,31)32/h1-9,12,14,27H,10-11,13,15H2,(H2,30,31,32). The number of hydrogen-bond acceptors (Lipinski definition) is 6. The zero-order valence-electron chi connectivity index (χ0n) is 18.4. The van der Waals surface area contributed by atoms with Crippen molar-refractivity contribution in [2.75, 3.05) is 5.73 Å². The summed E-state index contributed by atoms with van der Waals surface area (Å²) in [4.78, 5) is 19.6. The first-order chi connectivity index (χ1) is 16.7. The Morgan fingerprint density at radius 3 is 2.57 bits per heavy atom. The molecule has 0 amide bonds. The van der Waals surface area contributed by atoms with E-state index in [1.54, 1.807) is 24.3 Å². The van der Waals surface area contributed by atoms with Crippen LogP contribution in [0.1, 0.15) is 22.4 Å². The summed E-state index contributed by atoms with van der Waals surface area (Å²) in [7, 11) is -4.90. The fraction of sp³-hybridized carbons (Fsp3) is 0.167. The van der Waals surface area contributed by atoms with Crippen LogP contribution in [0.2, 0.25) is 0 Å². The molecule has 182 valence electrons. The van der Waals surface area contributed by atoms with Gasteiger partial charge in [-0.1, -0.05) is 41.6 Å². The van der Waals surface area contributed by atoms with E-state index in [9.17, 15) is 18.2 Å². The maximum atomic E-state index is 13.8. The van der Waals surface area contributed by atoms with Gasteiger partial charge in [0.2, 0.25) is 0 Å². The van der Waals surface area contributed by atoms with Gasteiger partial charge in [0.1, 0.15) is 5.56 Å². The van der Waals surface area contributed by atoms with Crippen molar-refractivity contribution in [1.29, 1.82) is 0 Å². The molecule has 0 radical (unpaired) electrons. The first-order valence-corrected chi connectivity index (χ1v) is 12.1.